The van der Waals surface area contributed by atoms with Crippen LogP contribution >= 0.6 is 0 Å². The summed E-state index contributed by atoms with van der Waals surface area (Å²) in [6.07, 6.45) is 4.10. The number of benzene rings is 1. The van der Waals surface area contributed by atoms with Crippen molar-refractivity contribution in [3.63, 3.8) is 0 Å². The third kappa shape index (κ3) is 1.97. The summed E-state index contributed by atoms with van der Waals surface area (Å²) in [5, 5.41) is 2.87. The van der Waals surface area contributed by atoms with Crippen LogP contribution in [0.4, 0.5) is 0 Å². The number of nitrogens with two attached hydrogens (primary N) is 1. The minimum absolute atomic E-state index is 0.101. The molecule has 0 saturated heterocycles. The standard InChI is InChI=1S/C12H12N4O/c13-8-6-10(8)16-12(17)7-1-2-9-11(5-7)15-4-3-14-9/h1-5,8,10H,6,13H2,(H,16,17). The molecule has 5 nitrogen and oxygen atoms in total. The van der Waals surface area contributed by atoms with Crippen molar-refractivity contribution in [2.45, 2.75) is 18.5 Å². The van der Waals surface area contributed by atoms with Crippen LogP contribution in [0, 0.1) is 0 Å². The van der Waals surface area contributed by atoms with E-state index in [1.165, 1.54) is 0 Å². The van der Waals surface area contributed by atoms with E-state index in [1.807, 2.05) is 0 Å². The van der Waals surface area contributed by atoms with Crippen LogP contribution in [0.1, 0.15) is 16.8 Å². The fourth-order valence-electron chi connectivity index (χ4n) is 1.74. The first kappa shape index (κ1) is 10.2. The Balaban J connectivity index is 1.87. The van der Waals surface area contributed by atoms with Crippen LogP contribution in [-0.4, -0.2) is 28.0 Å². The zero-order valence-electron chi connectivity index (χ0n) is 9.13. The minimum Gasteiger partial charge on any atom is -0.348 e. The monoisotopic (exact) mass is 228 g/mol. The summed E-state index contributed by atoms with van der Waals surface area (Å²) >= 11 is 0. The maximum absolute atomic E-state index is 11.9. The average Bonchev–Trinajstić information content (AvgIpc) is 3.04. The molecule has 2 unspecified atom stereocenters. The van der Waals surface area contributed by atoms with Gasteiger partial charge in [-0.2, -0.15) is 0 Å². The number of fused-ring (bicyclic) bond motifs is 1. The van der Waals surface area contributed by atoms with Crippen molar-refractivity contribution in [1.82, 2.24) is 15.3 Å². The maximum atomic E-state index is 11.9. The van der Waals surface area contributed by atoms with Gasteiger partial charge >= 0.3 is 0 Å². The number of carbonyl (C=O) groups is 1. The Labute approximate surface area is 98.1 Å². The molecule has 5 heteroatoms. The molecule has 2 aromatic rings. The highest BCUT2D eigenvalue weighted by atomic mass is 16.1. The number of nitrogens with zero attached hydrogens (tertiary/aromatic N) is 2. The van der Waals surface area contributed by atoms with Crippen molar-refractivity contribution < 1.29 is 4.79 Å². The molecular formula is C12H12N4O. The lowest BCUT2D eigenvalue weighted by atomic mass is 10.2. The quantitative estimate of drug-likeness (QED) is 0.782. The predicted molar refractivity (Wildman–Crippen MR) is 63.4 cm³/mol. The summed E-state index contributed by atoms with van der Waals surface area (Å²) < 4.78 is 0. The lowest BCUT2D eigenvalue weighted by Crippen LogP contribution is -2.29. The molecule has 1 aliphatic rings. The maximum Gasteiger partial charge on any atom is 0.251 e. The van der Waals surface area contributed by atoms with Gasteiger partial charge in [0.15, 0.2) is 0 Å². The number of rotatable bonds is 2. The lowest BCUT2D eigenvalue weighted by molar-refractivity contribution is 0.0950. The van der Waals surface area contributed by atoms with Crippen LogP contribution in [0.5, 0.6) is 0 Å². The molecule has 17 heavy (non-hydrogen) atoms. The van der Waals surface area contributed by atoms with Crippen LogP contribution < -0.4 is 11.1 Å². The molecule has 1 heterocycles. The normalized spacial score (nSPS) is 22.4. The fourth-order valence-corrected chi connectivity index (χ4v) is 1.74. The van der Waals surface area contributed by atoms with Gasteiger partial charge in [-0.1, -0.05) is 0 Å². The first-order chi connectivity index (χ1) is 8.24. The van der Waals surface area contributed by atoms with Crippen molar-refractivity contribution in [3.8, 4) is 0 Å². The number of aromatic nitrogens is 2. The molecule has 1 aliphatic carbocycles. The van der Waals surface area contributed by atoms with Crippen LogP contribution in [0.2, 0.25) is 0 Å². The first-order valence-electron chi connectivity index (χ1n) is 5.51. The summed E-state index contributed by atoms with van der Waals surface area (Å²) in [6, 6.07) is 5.52. The van der Waals surface area contributed by atoms with Crippen molar-refractivity contribution in [2.24, 2.45) is 5.73 Å². The van der Waals surface area contributed by atoms with E-state index >= 15 is 0 Å². The van der Waals surface area contributed by atoms with E-state index in [1.54, 1.807) is 30.6 Å². The SMILES string of the molecule is NC1CC1NC(=O)c1ccc2nccnc2c1. The van der Waals surface area contributed by atoms with E-state index in [0.29, 0.717) is 5.56 Å². The van der Waals surface area contributed by atoms with E-state index in [-0.39, 0.29) is 18.0 Å². The Morgan fingerprint density at radius 3 is 2.71 bits per heavy atom. The van der Waals surface area contributed by atoms with Gasteiger partial charge in [0.1, 0.15) is 0 Å². The number of hydrogen-bond donors (Lipinski definition) is 2. The highest BCUT2D eigenvalue weighted by molar-refractivity contribution is 5.97. The van der Waals surface area contributed by atoms with Crippen molar-refractivity contribution in [1.29, 1.82) is 0 Å². The molecule has 3 N–H and O–H groups in total. The van der Waals surface area contributed by atoms with Gasteiger partial charge in [0, 0.05) is 30.0 Å². The molecule has 0 aliphatic heterocycles. The van der Waals surface area contributed by atoms with Gasteiger partial charge in [-0.05, 0) is 24.6 Å². The molecule has 0 radical (unpaired) electrons. The molecule has 0 bridgehead atoms. The van der Waals surface area contributed by atoms with Gasteiger partial charge in [-0.15, -0.1) is 0 Å². The zero-order chi connectivity index (χ0) is 11.8. The minimum atomic E-state index is -0.101. The Morgan fingerprint density at radius 1 is 1.29 bits per heavy atom. The number of amides is 1. The Morgan fingerprint density at radius 2 is 2.00 bits per heavy atom. The molecule has 1 amide bonds. The van der Waals surface area contributed by atoms with E-state index < -0.39 is 0 Å². The third-order valence-electron chi connectivity index (χ3n) is 2.89. The van der Waals surface area contributed by atoms with Crippen molar-refractivity contribution in [3.05, 3.63) is 36.2 Å². The number of nitrogens with one attached hydrogen (secondary N) is 1. The number of carbonyl (C=O) groups excluding carboxylic acids is 1. The smallest absolute Gasteiger partial charge is 0.251 e. The zero-order valence-corrected chi connectivity index (χ0v) is 9.13. The van der Waals surface area contributed by atoms with Gasteiger partial charge in [-0.3, -0.25) is 14.8 Å². The molecule has 0 spiro atoms. The first-order valence-corrected chi connectivity index (χ1v) is 5.51. The Hall–Kier alpha value is -2.01. The second kappa shape index (κ2) is 3.78. The van der Waals surface area contributed by atoms with Gasteiger partial charge in [0.25, 0.3) is 5.91 Å². The largest absolute Gasteiger partial charge is 0.348 e. The van der Waals surface area contributed by atoms with Crippen LogP contribution in [0.3, 0.4) is 0 Å². The highest BCUT2D eigenvalue weighted by Crippen LogP contribution is 2.19. The topological polar surface area (TPSA) is 80.9 Å². The van der Waals surface area contributed by atoms with E-state index in [4.69, 9.17) is 5.73 Å². The van der Waals surface area contributed by atoms with Gasteiger partial charge in [-0.25, -0.2) is 0 Å². The van der Waals surface area contributed by atoms with Gasteiger partial charge < -0.3 is 11.1 Å². The Bertz CT molecular complexity index is 583. The summed E-state index contributed by atoms with van der Waals surface area (Å²) in [4.78, 5) is 20.2. The van der Waals surface area contributed by atoms with E-state index in [9.17, 15) is 4.79 Å². The molecule has 86 valence electrons. The van der Waals surface area contributed by atoms with Crippen molar-refractivity contribution in [2.75, 3.05) is 0 Å². The summed E-state index contributed by atoms with van der Waals surface area (Å²) in [5.41, 5.74) is 7.75. The molecule has 1 saturated carbocycles. The second-order valence-electron chi connectivity index (χ2n) is 4.24. The van der Waals surface area contributed by atoms with Gasteiger partial charge in [0.2, 0.25) is 0 Å². The van der Waals surface area contributed by atoms with E-state index in [2.05, 4.69) is 15.3 Å². The third-order valence-corrected chi connectivity index (χ3v) is 2.89. The van der Waals surface area contributed by atoms with Crippen molar-refractivity contribution >= 4 is 16.9 Å². The average molecular weight is 228 g/mol. The molecule has 2 atom stereocenters. The Kier molecular flexibility index (Phi) is 2.26. The second-order valence-corrected chi connectivity index (χ2v) is 4.24. The molecule has 3 rings (SSSR count). The lowest BCUT2D eigenvalue weighted by Gasteiger charge is -2.04. The predicted octanol–water partition coefficient (Wildman–Crippen LogP) is 0.459. The fraction of sp³-hybridized carbons (Fsp3) is 0.250. The molecule has 1 aromatic heterocycles. The van der Waals surface area contributed by atoms with Crippen LogP contribution in [0.15, 0.2) is 30.6 Å². The summed E-state index contributed by atoms with van der Waals surface area (Å²) in [5.74, 6) is -0.101. The van der Waals surface area contributed by atoms with Crippen LogP contribution in [0.25, 0.3) is 11.0 Å². The summed E-state index contributed by atoms with van der Waals surface area (Å²) in [6.45, 7) is 0. The van der Waals surface area contributed by atoms with Gasteiger partial charge in [0.05, 0.1) is 11.0 Å². The van der Waals surface area contributed by atoms with Crippen LogP contribution in [-0.2, 0) is 0 Å². The molecule has 1 fully saturated rings. The van der Waals surface area contributed by atoms with E-state index in [0.717, 1.165) is 17.5 Å². The molecule has 1 aromatic carbocycles. The number of hydrogen-bond acceptors (Lipinski definition) is 4. The highest BCUT2D eigenvalue weighted by Gasteiger charge is 2.34. The molecular weight excluding hydrogens is 216 g/mol. The summed E-state index contributed by atoms with van der Waals surface area (Å²) in [7, 11) is 0.